The van der Waals surface area contributed by atoms with Crippen molar-refractivity contribution in [3.8, 4) is 11.5 Å². The lowest BCUT2D eigenvalue weighted by Crippen LogP contribution is -2.44. The maximum atomic E-state index is 6.50. The van der Waals surface area contributed by atoms with Crippen molar-refractivity contribution in [3.63, 3.8) is 0 Å². The highest BCUT2D eigenvalue weighted by atomic mass is 35.5. The molecule has 1 saturated carbocycles. The van der Waals surface area contributed by atoms with Gasteiger partial charge >= 0.3 is 0 Å². The molecule has 4 nitrogen and oxygen atoms in total. The van der Waals surface area contributed by atoms with Gasteiger partial charge in [0.2, 0.25) is 0 Å². The van der Waals surface area contributed by atoms with E-state index in [-0.39, 0.29) is 0 Å². The van der Waals surface area contributed by atoms with Gasteiger partial charge in [0.1, 0.15) is 0 Å². The summed E-state index contributed by atoms with van der Waals surface area (Å²) in [4.78, 5) is 2.47. The molecule has 3 rings (SSSR count). The highest BCUT2D eigenvalue weighted by Gasteiger charge is 2.20. The molecule has 1 aliphatic heterocycles. The van der Waals surface area contributed by atoms with Gasteiger partial charge < -0.3 is 19.7 Å². The summed E-state index contributed by atoms with van der Waals surface area (Å²) in [6, 6.07) is 3.99. The van der Waals surface area contributed by atoms with E-state index in [1.807, 2.05) is 6.07 Å². The van der Waals surface area contributed by atoms with Gasteiger partial charge in [-0.2, -0.15) is 0 Å². The third kappa shape index (κ3) is 4.52. The lowest BCUT2D eigenvalue weighted by Gasteiger charge is -2.27. The Balaban J connectivity index is 1.65. The average molecular weight is 339 g/mol. The van der Waals surface area contributed by atoms with E-state index >= 15 is 0 Å². The molecule has 0 radical (unpaired) electrons. The van der Waals surface area contributed by atoms with Crippen LogP contribution < -0.4 is 14.8 Å². The maximum absolute atomic E-state index is 6.50. The normalized spacial score (nSPS) is 19.9. The van der Waals surface area contributed by atoms with E-state index in [4.69, 9.17) is 21.1 Å². The average Bonchev–Trinajstić information content (AvgIpc) is 3.08. The van der Waals surface area contributed by atoms with E-state index in [1.165, 1.54) is 12.8 Å². The molecule has 0 atom stereocenters. The van der Waals surface area contributed by atoms with Crippen molar-refractivity contribution >= 4 is 11.6 Å². The summed E-state index contributed by atoms with van der Waals surface area (Å²) in [7, 11) is 1.70. The molecular formula is C18H27ClN2O2. The number of nitrogens with one attached hydrogen (secondary N) is 1. The first-order chi connectivity index (χ1) is 11.3. The van der Waals surface area contributed by atoms with Gasteiger partial charge in [-0.1, -0.05) is 11.6 Å². The van der Waals surface area contributed by atoms with Gasteiger partial charge in [-0.25, -0.2) is 0 Å². The first-order valence-electron chi connectivity index (χ1n) is 8.72. The molecular weight excluding hydrogens is 312 g/mol. The predicted octanol–water partition coefficient (Wildman–Crippen LogP) is 3.12. The number of rotatable bonds is 6. The molecule has 1 aromatic rings. The van der Waals surface area contributed by atoms with Crippen LogP contribution in [0.5, 0.6) is 11.5 Å². The number of piperazine rings is 1. The van der Waals surface area contributed by atoms with Gasteiger partial charge in [-0.15, -0.1) is 0 Å². The first kappa shape index (κ1) is 16.9. The van der Waals surface area contributed by atoms with Gasteiger partial charge in [-0.05, 0) is 43.7 Å². The smallest absolute Gasteiger partial charge is 0.163 e. The van der Waals surface area contributed by atoms with Crippen LogP contribution in [-0.4, -0.2) is 50.8 Å². The molecule has 1 heterocycles. The quantitative estimate of drug-likeness (QED) is 0.864. The van der Waals surface area contributed by atoms with Crippen molar-refractivity contribution in [3.05, 3.63) is 22.7 Å². The van der Waals surface area contributed by atoms with Crippen molar-refractivity contribution < 1.29 is 9.47 Å². The molecule has 23 heavy (non-hydrogen) atoms. The Bertz CT molecular complexity index is 512. The van der Waals surface area contributed by atoms with Crippen molar-refractivity contribution in [2.45, 2.75) is 38.2 Å². The SMILES string of the molecule is COc1cc(CCN2CCNCC2)c(Cl)cc1OC1CCCC1. The van der Waals surface area contributed by atoms with Crippen LogP contribution in [0.15, 0.2) is 12.1 Å². The minimum Gasteiger partial charge on any atom is -0.493 e. The highest BCUT2D eigenvalue weighted by molar-refractivity contribution is 6.31. The van der Waals surface area contributed by atoms with Gasteiger partial charge in [0.25, 0.3) is 0 Å². The van der Waals surface area contributed by atoms with E-state index in [0.717, 1.165) is 74.1 Å². The van der Waals surface area contributed by atoms with Crippen LogP contribution in [0.1, 0.15) is 31.2 Å². The summed E-state index contributed by atoms with van der Waals surface area (Å²) in [5.74, 6) is 1.59. The minimum absolute atomic E-state index is 0.312. The number of methoxy groups -OCH3 is 1. The van der Waals surface area contributed by atoms with Crippen LogP contribution >= 0.6 is 11.6 Å². The summed E-state index contributed by atoms with van der Waals surface area (Å²) in [5, 5.41) is 4.17. The standard InChI is InChI=1S/C18H27ClN2O2/c1-22-17-12-14(6-9-21-10-7-20-8-11-21)16(19)13-18(17)23-15-4-2-3-5-15/h12-13,15,20H,2-11H2,1H3. The summed E-state index contributed by atoms with van der Waals surface area (Å²) >= 11 is 6.50. The molecule has 1 aliphatic carbocycles. The Kier molecular flexibility index (Phi) is 6.03. The summed E-state index contributed by atoms with van der Waals surface area (Å²) in [6.07, 6.45) is 6.02. The second kappa shape index (κ2) is 8.22. The Hall–Kier alpha value is -0.970. The minimum atomic E-state index is 0.312. The Morgan fingerprint density at radius 1 is 1.17 bits per heavy atom. The topological polar surface area (TPSA) is 33.7 Å². The van der Waals surface area contributed by atoms with Gasteiger partial charge in [0, 0.05) is 43.8 Å². The zero-order valence-electron chi connectivity index (χ0n) is 13.9. The van der Waals surface area contributed by atoms with E-state index in [1.54, 1.807) is 7.11 Å². The summed E-state index contributed by atoms with van der Waals surface area (Å²) in [5.41, 5.74) is 1.14. The zero-order chi connectivity index (χ0) is 16.1. The van der Waals surface area contributed by atoms with Crippen LogP contribution in [0, 0.1) is 0 Å². The largest absolute Gasteiger partial charge is 0.493 e. The fourth-order valence-electron chi connectivity index (χ4n) is 3.42. The molecule has 2 aliphatic rings. The molecule has 128 valence electrons. The number of halogens is 1. The fraction of sp³-hybridized carbons (Fsp3) is 0.667. The van der Waals surface area contributed by atoms with Crippen molar-refractivity contribution in [2.75, 3.05) is 39.8 Å². The summed E-state index contributed by atoms with van der Waals surface area (Å²) in [6.45, 7) is 5.40. The third-order valence-electron chi connectivity index (χ3n) is 4.84. The molecule has 0 unspecified atom stereocenters. The molecule has 0 bridgehead atoms. The Morgan fingerprint density at radius 2 is 1.91 bits per heavy atom. The molecule has 1 saturated heterocycles. The predicted molar refractivity (Wildman–Crippen MR) is 93.9 cm³/mol. The maximum Gasteiger partial charge on any atom is 0.163 e. The first-order valence-corrected chi connectivity index (χ1v) is 9.10. The second-order valence-electron chi connectivity index (χ2n) is 6.46. The van der Waals surface area contributed by atoms with Crippen LogP contribution in [0.2, 0.25) is 5.02 Å². The number of hydrogen-bond donors (Lipinski definition) is 1. The van der Waals surface area contributed by atoms with Gasteiger partial charge in [0.15, 0.2) is 11.5 Å². The monoisotopic (exact) mass is 338 g/mol. The Labute approximate surface area is 144 Å². The van der Waals surface area contributed by atoms with Crippen molar-refractivity contribution in [1.82, 2.24) is 10.2 Å². The van der Waals surface area contributed by atoms with Crippen LogP contribution in [0.3, 0.4) is 0 Å². The molecule has 1 N–H and O–H groups in total. The Morgan fingerprint density at radius 3 is 2.61 bits per heavy atom. The van der Waals surface area contributed by atoms with E-state index in [2.05, 4.69) is 16.3 Å². The molecule has 0 aromatic heterocycles. The van der Waals surface area contributed by atoms with E-state index in [9.17, 15) is 0 Å². The third-order valence-corrected chi connectivity index (χ3v) is 5.19. The lowest BCUT2D eigenvalue weighted by molar-refractivity contribution is 0.200. The van der Waals surface area contributed by atoms with Crippen molar-refractivity contribution in [1.29, 1.82) is 0 Å². The number of hydrogen-bond acceptors (Lipinski definition) is 4. The summed E-state index contributed by atoms with van der Waals surface area (Å²) < 4.78 is 11.6. The molecule has 0 amide bonds. The van der Waals surface area contributed by atoms with Crippen LogP contribution in [0.4, 0.5) is 0 Å². The molecule has 5 heteroatoms. The second-order valence-corrected chi connectivity index (χ2v) is 6.87. The number of ether oxygens (including phenoxy) is 2. The van der Waals surface area contributed by atoms with Crippen LogP contribution in [0.25, 0.3) is 0 Å². The number of benzene rings is 1. The zero-order valence-corrected chi connectivity index (χ0v) is 14.7. The van der Waals surface area contributed by atoms with Gasteiger partial charge in [0.05, 0.1) is 13.2 Å². The lowest BCUT2D eigenvalue weighted by atomic mass is 10.1. The van der Waals surface area contributed by atoms with Gasteiger partial charge in [-0.3, -0.25) is 0 Å². The van der Waals surface area contributed by atoms with E-state index in [0.29, 0.717) is 6.10 Å². The highest BCUT2D eigenvalue weighted by Crippen LogP contribution is 2.36. The molecule has 1 aromatic carbocycles. The molecule has 0 spiro atoms. The van der Waals surface area contributed by atoms with Crippen molar-refractivity contribution in [2.24, 2.45) is 0 Å². The molecule has 2 fully saturated rings. The van der Waals surface area contributed by atoms with E-state index < -0.39 is 0 Å². The van der Waals surface area contributed by atoms with Crippen LogP contribution in [-0.2, 0) is 6.42 Å². The fourth-order valence-corrected chi connectivity index (χ4v) is 3.67. The number of nitrogens with zero attached hydrogens (tertiary/aromatic N) is 1.